The molecule has 2 aliphatic heterocycles. The predicted molar refractivity (Wildman–Crippen MR) is 103 cm³/mol. The van der Waals surface area contributed by atoms with Gasteiger partial charge in [0.05, 0.1) is 0 Å². The maximum atomic E-state index is 10.0. The number of para-hydroxylation sites is 6. The zero-order chi connectivity index (χ0) is 18.8. The fraction of sp³-hybridized carbons (Fsp3) is 0.143. The van der Waals surface area contributed by atoms with Gasteiger partial charge in [-0.1, -0.05) is 0 Å². The number of hydrogen-bond acceptors (Lipinski definition) is 6. The van der Waals surface area contributed by atoms with E-state index in [1.165, 1.54) is 0 Å². The Bertz CT molecular complexity index is 987. The number of hydrogen-bond donors (Lipinski definition) is 1. The molecule has 0 bridgehead atoms. The van der Waals surface area contributed by atoms with Crippen molar-refractivity contribution in [2.45, 2.75) is 18.2 Å². The van der Waals surface area contributed by atoms with Gasteiger partial charge in [0.25, 0.3) is 0 Å². The van der Waals surface area contributed by atoms with Crippen LogP contribution in [0.2, 0.25) is 0 Å². The summed E-state index contributed by atoms with van der Waals surface area (Å²) < 4.78 is 31.5. The van der Waals surface area contributed by atoms with Gasteiger partial charge in [-0.15, -0.1) is 0 Å². The van der Waals surface area contributed by atoms with E-state index in [0.29, 0.717) is 35.2 Å². The van der Waals surface area contributed by atoms with Crippen molar-refractivity contribution >= 4 is 7.51 Å². The number of aromatic hydroxyl groups is 1. The molecule has 2 heterocycles. The average molecular weight is 396 g/mol. The number of rotatable bonds is 3. The quantitative estimate of drug-likeness (QED) is 0.624. The fourth-order valence-corrected chi connectivity index (χ4v) is 7.69. The number of phenols is 1. The Hall–Kier alpha value is -3.11. The third-order valence-electron chi connectivity index (χ3n) is 5.13. The van der Waals surface area contributed by atoms with Crippen LogP contribution in [-0.2, 0) is 0 Å². The van der Waals surface area contributed by atoms with E-state index < -0.39 is 7.51 Å². The second-order valence-electron chi connectivity index (χ2n) is 7.05. The maximum absolute atomic E-state index is 10.0. The number of ether oxygens (including phenoxy) is 1. The minimum absolute atomic E-state index is 0.0912. The molecule has 2 unspecified atom stereocenters. The monoisotopic (exact) mass is 396 g/mol. The molecule has 7 heteroatoms. The third-order valence-corrected chi connectivity index (χ3v) is 8.86. The Balaban J connectivity index is 1.38. The second-order valence-corrected chi connectivity index (χ2v) is 10.2. The topological polar surface area (TPSA) is 66.4 Å². The zero-order valence-electron chi connectivity index (χ0n) is 14.7. The van der Waals surface area contributed by atoms with Crippen molar-refractivity contribution < 1.29 is 27.9 Å². The number of benzene rings is 3. The summed E-state index contributed by atoms with van der Waals surface area (Å²) in [5.41, 5.74) is -0.245. The van der Waals surface area contributed by atoms with Gasteiger partial charge in [-0.05, 0) is 0 Å². The number of phenolic OH excluding ortho intramolecular Hbond substituents is 1. The van der Waals surface area contributed by atoms with Crippen LogP contribution in [-0.4, -0.2) is 16.9 Å². The van der Waals surface area contributed by atoms with Gasteiger partial charge in [-0.3, -0.25) is 0 Å². The molecule has 0 amide bonds. The van der Waals surface area contributed by atoms with Gasteiger partial charge in [0.1, 0.15) is 0 Å². The van der Waals surface area contributed by atoms with Gasteiger partial charge in [0, 0.05) is 0 Å². The van der Waals surface area contributed by atoms with Crippen LogP contribution >= 0.6 is 7.51 Å². The summed E-state index contributed by atoms with van der Waals surface area (Å²) in [5, 5.41) is 10.0. The Morgan fingerprint density at radius 3 is 1.68 bits per heavy atom. The SMILES string of the molecule is Oc1ccccc1OC1CC1P12(Oc3ccccc3O1)Oc1ccccc1O2. The molecule has 3 aliphatic rings. The summed E-state index contributed by atoms with van der Waals surface area (Å²) in [6.45, 7) is 0. The standard InChI is InChI=1S/C21H17O6P/c22-14-7-1-2-8-15(14)23-20-13-21(20)28(24-16-9-3-4-10-17(16)25-28)26-18-11-5-6-12-19(18)27-28/h1-12,20-22H,13H2. The first kappa shape index (κ1) is 15.9. The average Bonchev–Trinajstić information content (AvgIpc) is 3.30. The van der Waals surface area contributed by atoms with Crippen molar-refractivity contribution in [1.29, 1.82) is 0 Å². The Kier molecular flexibility index (Phi) is 2.97. The van der Waals surface area contributed by atoms with Gasteiger partial charge in [0.15, 0.2) is 0 Å². The first-order chi connectivity index (χ1) is 13.6. The Morgan fingerprint density at radius 1 is 0.714 bits per heavy atom. The van der Waals surface area contributed by atoms with Gasteiger partial charge >= 0.3 is 161 Å². The summed E-state index contributed by atoms with van der Waals surface area (Å²) in [4.78, 5) is 0. The van der Waals surface area contributed by atoms with E-state index in [4.69, 9.17) is 22.8 Å². The molecule has 1 N–H and O–H groups in total. The minimum atomic E-state index is -4.04. The van der Waals surface area contributed by atoms with Gasteiger partial charge in [-0.25, -0.2) is 0 Å². The van der Waals surface area contributed by atoms with Crippen LogP contribution in [0.15, 0.2) is 72.8 Å². The molecule has 1 saturated carbocycles. The van der Waals surface area contributed by atoms with Crippen molar-refractivity contribution in [3.63, 3.8) is 0 Å². The molecule has 0 saturated heterocycles. The van der Waals surface area contributed by atoms with Crippen LogP contribution in [0.3, 0.4) is 0 Å². The molecular weight excluding hydrogens is 379 g/mol. The molecular formula is C21H17O6P. The first-order valence-corrected chi connectivity index (χ1v) is 11.1. The van der Waals surface area contributed by atoms with Crippen LogP contribution in [0.5, 0.6) is 34.5 Å². The summed E-state index contributed by atoms with van der Waals surface area (Å²) in [6, 6.07) is 21.8. The normalized spacial score (nSPS) is 25.6. The van der Waals surface area contributed by atoms with Crippen LogP contribution in [0.1, 0.15) is 6.42 Å². The van der Waals surface area contributed by atoms with E-state index in [9.17, 15) is 5.11 Å². The van der Waals surface area contributed by atoms with Crippen molar-refractivity contribution in [3.8, 4) is 34.5 Å². The molecule has 3 aromatic carbocycles. The molecule has 1 spiro atoms. The van der Waals surface area contributed by atoms with Crippen LogP contribution in [0.4, 0.5) is 0 Å². The fourth-order valence-electron chi connectivity index (χ4n) is 3.74. The van der Waals surface area contributed by atoms with Crippen LogP contribution in [0, 0.1) is 0 Å². The molecule has 28 heavy (non-hydrogen) atoms. The zero-order valence-corrected chi connectivity index (χ0v) is 15.6. The predicted octanol–water partition coefficient (Wildman–Crippen LogP) is 5.07. The molecule has 0 radical (unpaired) electrons. The van der Waals surface area contributed by atoms with E-state index in [2.05, 4.69) is 0 Å². The van der Waals surface area contributed by atoms with Crippen LogP contribution in [0.25, 0.3) is 0 Å². The summed E-state index contributed by atoms with van der Waals surface area (Å²) in [7, 11) is -4.04. The summed E-state index contributed by atoms with van der Waals surface area (Å²) >= 11 is 0. The molecule has 0 aromatic heterocycles. The van der Waals surface area contributed by atoms with Gasteiger partial charge in [-0.2, -0.15) is 0 Å². The summed E-state index contributed by atoms with van der Waals surface area (Å²) in [6.07, 6.45) is 0.378. The van der Waals surface area contributed by atoms with Crippen molar-refractivity contribution in [2.24, 2.45) is 0 Å². The van der Waals surface area contributed by atoms with Crippen LogP contribution < -0.4 is 22.8 Å². The van der Waals surface area contributed by atoms with E-state index in [-0.39, 0.29) is 17.5 Å². The molecule has 2 atom stereocenters. The number of fused-ring (bicyclic) bond motifs is 2. The molecule has 1 aliphatic carbocycles. The Morgan fingerprint density at radius 2 is 1.18 bits per heavy atom. The molecule has 6 nitrogen and oxygen atoms in total. The summed E-state index contributed by atoms with van der Waals surface area (Å²) in [5.74, 6) is 2.90. The van der Waals surface area contributed by atoms with E-state index >= 15 is 0 Å². The molecule has 1 fully saturated rings. The first-order valence-electron chi connectivity index (χ1n) is 9.10. The molecule has 3 aromatic rings. The van der Waals surface area contributed by atoms with Crippen molar-refractivity contribution in [3.05, 3.63) is 72.8 Å². The van der Waals surface area contributed by atoms with E-state index in [1.807, 2.05) is 54.6 Å². The van der Waals surface area contributed by atoms with E-state index in [1.54, 1.807) is 18.2 Å². The van der Waals surface area contributed by atoms with Crippen molar-refractivity contribution in [2.75, 3.05) is 0 Å². The second kappa shape index (κ2) is 5.24. The molecule has 6 rings (SSSR count). The van der Waals surface area contributed by atoms with Gasteiger partial charge < -0.3 is 0 Å². The third kappa shape index (κ3) is 2.12. The van der Waals surface area contributed by atoms with Gasteiger partial charge in [0.2, 0.25) is 0 Å². The van der Waals surface area contributed by atoms with E-state index in [0.717, 1.165) is 0 Å². The molecule has 142 valence electrons. The van der Waals surface area contributed by atoms with Crippen molar-refractivity contribution in [1.82, 2.24) is 0 Å². The Labute approximate surface area is 161 Å².